The average molecular weight is 551 g/mol. The number of nitrogens with one attached hydrogen (secondary N) is 1. The molecule has 1 aliphatic rings. The molecule has 0 amide bonds. The third kappa shape index (κ3) is 4.27. The van der Waals surface area contributed by atoms with Gasteiger partial charge in [0, 0.05) is 27.6 Å². The molecule has 1 atom stereocenters. The summed E-state index contributed by atoms with van der Waals surface area (Å²) in [5.74, 6) is 0. The van der Waals surface area contributed by atoms with E-state index in [2.05, 4.69) is 168 Å². The highest BCUT2D eigenvalue weighted by Crippen LogP contribution is 2.42. The summed E-state index contributed by atoms with van der Waals surface area (Å²) in [4.78, 5) is 0. The second-order valence-electron chi connectivity index (χ2n) is 11.1. The van der Waals surface area contributed by atoms with Crippen molar-refractivity contribution >= 4 is 50.0 Å². The highest BCUT2D eigenvalue weighted by Gasteiger charge is 2.23. The highest BCUT2D eigenvalue weighted by atomic mass is 15.0. The summed E-state index contributed by atoms with van der Waals surface area (Å²) < 4.78 is 2.47. The van der Waals surface area contributed by atoms with Gasteiger partial charge in [-0.25, -0.2) is 0 Å². The number of dihydropyridines is 1. The molecular weight excluding hydrogens is 520 g/mol. The second kappa shape index (κ2) is 10.3. The first kappa shape index (κ1) is 25.1. The lowest BCUT2D eigenvalue weighted by atomic mass is 9.94. The van der Waals surface area contributed by atoms with Gasteiger partial charge in [0.15, 0.2) is 0 Å². The van der Waals surface area contributed by atoms with Crippen molar-refractivity contribution in [2.75, 3.05) is 0 Å². The zero-order chi connectivity index (χ0) is 28.8. The van der Waals surface area contributed by atoms with Crippen molar-refractivity contribution in [1.29, 1.82) is 0 Å². The first-order chi connectivity index (χ1) is 21.3. The maximum atomic E-state index is 4.01. The molecule has 1 unspecified atom stereocenters. The summed E-state index contributed by atoms with van der Waals surface area (Å²) in [6.45, 7) is 4.01. The van der Waals surface area contributed by atoms with Crippen molar-refractivity contribution < 1.29 is 0 Å². The van der Waals surface area contributed by atoms with Crippen LogP contribution < -0.4 is 5.32 Å². The first-order valence-corrected chi connectivity index (χ1v) is 14.8. The van der Waals surface area contributed by atoms with Crippen molar-refractivity contribution in [2.24, 2.45) is 0 Å². The molecule has 0 spiro atoms. The molecule has 0 saturated carbocycles. The SMILES string of the molecule is C=Cc1cccc(-c2cc3c4ccccc4n(C4=CC(c5ccccc5)NC(c5ccccc5)=C4)c3c3ccccc23)c1. The van der Waals surface area contributed by atoms with Gasteiger partial charge in [-0.1, -0.05) is 134 Å². The highest BCUT2D eigenvalue weighted by molar-refractivity contribution is 6.22. The zero-order valence-electron chi connectivity index (χ0n) is 23.7. The third-order valence-electron chi connectivity index (χ3n) is 8.55. The fraction of sp³-hybridized carbons (Fsp3) is 0.0244. The zero-order valence-corrected chi connectivity index (χ0v) is 23.7. The number of allylic oxidation sites excluding steroid dienone is 2. The quantitative estimate of drug-likeness (QED) is 0.226. The maximum Gasteiger partial charge on any atom is 0.0721 e. The third-order valence-corrected chi connectivity index (χ3v) is 8.55. The van der Waals surface area contributed by atoms with Gasteiger partial charge >= 0.3 is 0 Å². The van der Waals surface area contributed by atoms with Crippen LogP contribution in [0.3, 0.4) is 0 Å². The standard InChI is InChI=1S/C41H30N2/c1-2-28-14-13-19-31(24-28)36-27-37-34-21-11-12-23-40(34)43(41(37)35-22-10-9-20-33(35)36)32-25-38(29-15-5-3-6-16-29)42-39(26-32)30-17-7-4-8-18-30/h2-27,38,42H,1H2. The Kier molecular flexibility index (Phi) is 6.05. The second-order valence-corrected chi connectivity index (χ2v) is 11.1. The molecule has 2 heteroatoms. The van der Waals surface area contributed by atoms with E-state index in [9.17, 15) is 0 Å². The van der Waals surface area contributed by atoms with Crippen molar-refractivity contribution in [1.82, 2.24) is 9.88 Å². The van der Waals surface area contributed by atoms with E-state index in [4.69, 9.17) is 0 Å². The number of hydrogen-bond donors (Lipinski definition) is 1. The van der Waals surface area contributed by atoms with E-state index in [1.807, 2.05) is 6.08 Å². The van der Waals surface area contributed by atoms with Crippen LogP contribution in [0, 0.1) is 0 Å². The van der Waals surface area contributed by atoms with Gasteiger partial charge in [0.2, 0.25) is 0 Å². The van der Waals surface area contributed by atoms with Gasteiger partial charge in [-0.05, 0) is 63.6 Å². The Balaban J connectivity index is 1.46. The van der Waals surface area contributed by atoms with E-state index in [-0.39, 0.29) is 6.04 Å². The Hall–Kier alpha value is -5.60. The first-order valence-electron chi connectivity index (χ1n) is 14.8. The normalized spacial score (nSPS) is 14.8. The van der Waals surface area contributed by atoms with E-state index in [0.29, 0.717) is 0 Å². The number of aromatic nitrogens is 1. The molecule has 7 aromatic rings. The fourth-order valence-corrected chi connectivity index (χ4v) is 6.54. The van der Waals surface area contributed by atoms with E-state index in [1.165, 1.54) is 54.8 Å². The minimum atomic E-state index is 0.0276. The van der Waals surface area contributed by atoms with Crippen molar-refractivity contribution in [2.45, 2.75) is 6.04 Å². The predicted molar refractivity (Wildman–Crippen MR) is 183 cm³/mol. The van der Waals surface area contributed by atoms with Crippen LogP contribution in [-0.2, 0) is 0 Å². The predicted octanol–water partition coefficient (Wildman–Crippen LogP) is 10.5. The van der Waals surface area contributed by atoms with E-state index in [1.54, 1.807) is 0 Å². The average Bonchev–Trinajstić information content (AvgIpc) is 3.43. The molecule has 0 bridgehead atoms. The van der Waals surface area contributed by atoms with Gasteiger partial charge in [0.1, 0.15) is 0 Å². The lowest BCUT2D eigenvalue weighted by Crippen LogP contribution is -2.22. The number of nitrogens with zero attached hydrogens (tertiary/aromatic N) is 1. The Morgan fingerprint density at radius 2 is 1.28 bits per heavy atom. The molecule has 1 N–H and O–H groups in total. The summed E-state index contributed by atoms with van der Waals surface area (Å²) >= 11 is 0. The fourth-order valence-electron chi connectivity index (χ4n) is 6.54. The van der Waals surface area contributed by atoms with Gasteiger partial charge in [-0.3, -0.25) is 0 Å². The molecular formula is C41H30N2. The molecule has 204 valence electrons. The van der Waals surface area contributed by atoms with Gasteiger partial charge in [0.25, 0.3) is 0 Å². The number of rotatable bonds is 5. The topological polar surface area (TPSA) is 17.0 Å². The van der Waals surface area contributed by atoms with E-state index in [0.717, 1.165) is 17.0 Å². The van der Waals surface area contributed by atoms with E-state index >= 15 is 0 Å². The van der Waals surface area contributed by atoms with Crippen LogP contribution >= 0.6 is 0 Å². The maximum absolute atomic E-state index is 4.01. The van der Waals surface area contributed by atoms with Crippen LogP contribution in [0.1, 0.15) is 22.7 Å². The summed E-state index contributed by atoms with van der Waals surface area (Å²) in [7, 11) is 0. The summed E-state index contributed by atoms with van der Waals surface area (Å²) in [6.07, 6.45) is 6.58. The number of hydrogen-bond acceptors (Lipinski definition) is 1. The van der Waals surface area contributed by atoms with Crippen LogP contribution in [0.25, 0.3) is 61.2 Å². The van der Waals surface area contributed by atoms with E-state index < -0.39 is 0 Å². The smallest absolute Gasteiger partial charge is 0.0721 e. The van der Waals surface area contributed by atoms with Crippen LogP contribution in [0.4, 0.5) is 0 Å². The van der Waals surface area contributed by atoms with Gasteiger partial charge in [0.05, 0.1) is 17.1 Å². The number of fused-ring (bicyclic) bond motifs is 5. The number of para-hydroxylation sites is 1. The molecule has 0 fully saturated rings. The van der Waals surface area contributed by atoms with Gasteiger partial charge in [-0.2, -0.15) is 0 Å². The van der Waals surface area contributed by atoms with Crippen molar-refractivity contribution in [3.63, 3.8) is 0 Å². The molecule has 43 heavy (non-hydrogen) atoms. The minimum absolute atomic E-state index is 0.0276. The summed E-state index contributed by atoms with van der Waals surface area (Å²) in [5.41, 5.74) is 10.6. The van der Waals surface area contributed by atoms with Crippen molar-refractivity contribution in [3.8, 4) is 11.1 Å². The Morgan fingerprint density at radius 1 is 0.605 bits per heavy atom. The van der Waals surface area contributed by atoms with Crippen LogP contribution in [0.5, 0.6) is 0 Å². The van der Waals surface area contributed by atoms with Crippen LogP contribution in [-0.4, -0.2) is 4.57 Å². The van der Waals surface area contributed by atoms with Crippen molar-refractivity contribution in [3.05, 3.63) is 175 Å². The molecule has 6 aromatic carbocycles. The Bertz CT molecular complexity index is 2220. The molecule has 1 aromatic heterocycles. The molecule has 0 saturated heterocycles. The summed E-state index contributed by atoms with van der Waals surface area (Å²) in [6, 6.07) is 50.0. The molecule has 1 aliphatic heterocycles. The molecule has 0 radical (unpaired) electrons. The van der Waals surface area contributed by atoms with Gasteiger partial charge in [-0.15, -0.1) is 0 Å². The Labute approximate surface area is 251 Å². The van der Waals surface area contributed by atoms with Gasteiger partial charge < -0.3 is 9.88 Å². The van der Waals surface area contributed by atoms with Crippen LogP contribution in [0.2, 0.25) is 0 Å². The van der Waals surface area contributed by atoms with Crippen LogP contribution in [0.15, 0.2) is 158 Å². The lowest BCUT2D eigenvalue weighted by molar-refractivity contribution is 0.762. The molecule has 2 nitrogen and oxygen atoms in total. The lowest BCUT2D eigenvalue weighted by Gasteiger charge is -2.26. The monoisotopic (exact) mass is 550 g/mol. The molecule has 0 aliphatic carbocycles. The minimum Gasteiger partial charge on any atom is -0.374 e. The molecule has 8 rings (SSSR count). The Morgan fingerprint density at radius 3 is 2.07 bits per heavy atom. The number of benzene rings is 6. The summed E-state index contributed by atoms with van der Waals surface area (Å²) in [5, 5.41) is 8.78. The molecule has 2 heterocycles. The largest absolute Gasteiger partial charge is 0.374 e.